The smallest absolute Gasteiger partial charge is 0.290 e. The van der Waals surface area contributed by atoms with Crippen LogP contribution in [0.1, 0.15) is 24.1 Å². The molecule has 1 unspecified atom stereocenters. The lowest BCUT2D eigenvalue weighted by atomic mass is 10.1. The zero-order valence-electron chi connectivity index (χ0n) is 15.3. The van der Waals surface area contributed by atoms with Crippen LogP contribution in [0, 0.1) is 6.92 Å². The van der Waals surface area contributed by atoms with E-state index in [0.717, 1.165) is 22.0 Å². The molecule has 27 heavy (non-hydrogen) atoms. The summed E-state index contributed by atoms with van der Waals surface area (Å²) in [5, 5.41) is 9.92. The third-order valence-electron chi connectivity index (χ3n) is 3.83. The zero-order chi connectivity index (χ0) is 19.6. The number of carboxylic acid groups (broad SMARTS) is 1. The van der Waals surface area contributed by atoms with Gasteiger partial charge in [-0.2, -0.15) is 0 Å². The van der Waals surface area contributed by atoms with Crippen molar-refractivity contribution in [1.82, 2.24) is 5.32 Å². The number of carbonyl (C=O) groups is 2. The molecular formula is C20H23NO5S. The van der Waals surface area contributed by atoms with Gasteiger partial charge in [0.15, 0.2) is 11.5 Å². The summed E-state index contributed by atoms with van der Waals surface area (Å²) in [5.74, 6) is 1.92. The largest absolute Gasteiger partial charge is 0.486 e. The van der Waals surface area contributed by atoms with Crippen LogP contribution in [-0.4, -0.2) is 36.5 Å². The molecule has 0 saturated heterocycles. The standard InChI is InChI=1S/C19H21NO3S.CH2O2/c1-13-3-6-16(7-4-13)24-12-19(21)20-14(2)15-5-8-17-18(11-15)23-10-9-22-17;2-1-3/h3-8,11,14H,9-10,12H2,1-2H3,(H,20,21);1H,(H,2,3). The van der Waals surface area contributed by atoms with E-state index in [2.05, 4.69) is 24.4 Å². The van der Waals surface area contributed by atoms with Crippen LogP contribution in [0.4, 0.5) is 0 Å². The number of fused-ring (bicyclic) bond motifs is 1. The van der Waals surface area contributed by atoms with Crippen molar-refractivity contribution in [1.29, 1.82) is 0 Å². The van der Waals surface area contributed by atoms with Gasteiger partial charge in [-0.1, -0.05) is 23.8 Å². The summed E-state index contributed by atoms with van der Waals surface area (Å²) in [5.41, 5.74) is 2.23. The average Bonchev–Trinajstić information content (AvgIpc) is 2.68. The number of thioether (sulfide) groups is 1. The predicted octanol–water partition coefficient (Wildman–Crippen LogP) is 3.44. The van der Waals surface area contributed by atoms with E-state index in [1.54, 1.807) is 11.8 Å². The van der Waals surface area contributed by atoms with E-state index in [9.17, 15) is 4.79 Å². The quantitative estimate of drug-likeness (QED) is 0.602. The van der Waals surface area contributed by atoms with Crippen LogP contribution in [0.5, 0.6) is 11.5 Å². The van der Waals surface area contributed by atoms with Gasteiger partial charge in [-0.25, -0.2) is 0 Å². The fourth-order valence-corrected chi connectivity index (χ4v) is 3.19. The summed E-state index contributed by atoms with van der Waals surface area (Å²) in [7, 11) is 0. The van der Waals surface area contributed by atoms with Crippen molar-refractivity contribution in [2.45, 2.75) is 24.8 Å². The molecule has 0 aliphatic carbocycles. The number of amides is 1. The maximum absolute atomic E-state index is 12.2. The lowest BCUT2D eigenvalue weighted by molar-refractivity contribution is -0.123. The van der Waals surface area contributed by atoms with Gasteiger partial charge in [-0.3, -0.25) is 9.59 Å². The highest BCUT2D eigenvalue weighted by Gasteiger charge is 2.15. The maximum Gasteiger partial charge on any atom is 0.290 e. The van der Waals surface area contributed by atoms with Gasteiger partial charge in [0.2, 0.25) is 5.91 Å². The zero-order valence-corrected chi connectivity index (χ0v) is 16.1. The average molecular weight is 389 g/mol. The highest BCUT2D eigenvalue weighted by atomic mass is 32.2. The van der Waals surface area contributed by atoms with Crippen molar-refractivity contribution in [3.05, 3.63) is 53.6 Å². The molecule has 0 spiro atoms. The second-order valence-electron chi connectivity index (χ2n) is 5.90. The summed E-state index contributed by atoms with van der Waals surface area (Å²) in [6, 6.07) is 13.9. The van der Waals surface area contributed by atoms with Crippen LogP contribution in [-0.2, 0) is 9.59 Å². The topological polar surface area (TPSA) is 84.9 Å². The number of aryl methyl sites for hydroxylation is 1. The van der Waals surface area contributed by atoms with E-state index < -0.39 is 0 Å². The Balaban J connectivity index is 0.000000817. The van der Waals surface area contributed by atoms with E-state index >= 15 is 0 Å². The molecule has 0 aromatic heterocycles. The van der Waals surface area contributed by atoms with Crippen LogP contribution in [0.25, 0.3) is 0 Å². The normalized spacial score (nSPS) is 13.0. The van der Waals surface area contributed by atoms with Gasteiger partial charge >= 0.3 is 0 Å². The molecule has 0 fully saturated rings. The lowest BCUT2D eigenvalue weighted by Crippen LogP contribution is -2.28. The van der Waals surface area contributed by atoms with Gasteiger partial charge in [0.05, 0.1) is 11.8 Å². The fraction of sp³-hybridized carbons (Fsp3) is 0.300. The van der Waals surface area contributed by atoms with E-state index in [1.807, 2.05) is 37.3 Å². The fourth-order valence-electron chi connectivity index (χ4n) is 2.48. The first-order chi connectivity index (χ1) is 13.0. The maximum atomic E-state index is 12.2. The van der Waals surface area contributed by atoms with E-state index in [-0.39, 0.29) is 18.4 Å². The summed E-state index contributed by atoms with van der Waals surface area (Å²) >= 11 is 1.54. The minimum absolute atomic E-state index is 0.0166. The Bertz CT molecular complexity index is 763. The summed E-state index contributed by atoms with van der Waals surface area (Å²) in [4.78, 5) is 21.6. The Kier molecular flexibility index (Phi) is 8.00. The predicted molar refractivity (Wildman–Crippen MR) is 105 cm³/mol. The number of hydrogen-bond acceptors (Lipinski definition) is 5. The number of carbonyl (C=O) groups excluding carboxylic acids is 1. The van der Waals surface area contributed by atoms with Crippen molar-refractivity contribution >= 4 is 24.1 Å². The second-order valence-corrected chi connectivity index (χ2v) is 6.95. The van der Waals surface area contributed by atoms with Crippen molar-refractivity contribution in [2.75, 3.05) is 19.0 Å². The molecule has 3 rings (SSSR count). The molecule has 7 heteroatoms. The molecule has 2 aromatic rings. The van der Waals surface area contributed by atoms with Crippen molar-refractivity contribution in [3.63, 3.8) is 0 Å². The van der Waals surface area contributed by atoms with Crippen LogP contribution in [0.3, 0.4) is 0 Å². The van der Waals surface area contributed by atoms with Crippen LogP contribution in [0.15, 0.2) is 47.4 Å². The van der Waals surface area contributed by atoms with Crippen LogP contribution < -0.4 is 14.8 Å². The van der Waals surface area contributed by atoms with Gasteiger partial charge in [-0.15, -0.1) is 11.8 Å². The molecule has 1 atom stereocenters. The molecule has 1 amide bonds. The summed E-state index contributed by atoms with van der Waals surface area (Å²) in [6.07, 6.45) is 0. The molecule has 2 N–H and O–H groups in total. The SMILES string of the molecule is Cc1ccc(SCC(=O)NC(C)c2ccc3c(c2)OCCO3)cc1.O=CO. The third kappa shape index (κ3) is 6.53. The summed E-state index contributed by atoms with van der Waals surface area (Å²) < 4.78 is 11.1. The molecule has 144 valence electrons. The summed E-state index contributed by atoms with van der Waals surface area (Å²) in [6.45, 7) is 4.91. The van der Waals surface area contributed by atoms with Crippen molar-refractivity contribution < 1.29 is 24.2 Å². The minimum atomic E-state index is -0.250. The Morgan fingerprint density at radius 1 is 1.19 bits per heavy atom. The molecule has 1 aliphatic heterocycles. The van der Waals surface area contributed by atoms with E-state index in [0.29, 0.717) is 19.0 Å². The second kappa shape index (κ2) is 10.5. The van der Waals surface area contributed by atoms with Gasteiger partial charge in [-0.05, 0) is 43.7 Å². The third-order valence-corrected chi connectivity index (χ3v) is 4.85. The molecule has 1 heterocycles. The number of ether oxygens (including phenoxy) is 2. The highest BCUT2D eigenvalue weighted by molar-refractivity contribution is 8.00. The van der Waals surface area contributed by atoms with Crippen LogP contribution in [0.2, 0.25) is 0 Å². The minimum Gasteiger partial charge on any atom is -0.486 e. The van der Waals surface area contributed by atoms with E-state index in [4.69, 9.17) is 19.4 Å². The first-order valence-electron chi connectivity index (χ1n) is 8.49. The number of rotatable bonds is 5. The molecular weight excluding hydrogens is 366 g/mol. The molecule has 0 radical (unpaired) electrons. The van der Waals surface area contributed by atoms with Gasteiger partial charge in [0.25, 0.3) is 6.47 Å². The molecule has 1 aliphatic rings. The molecule has 0 bridgehead atoms. The lowest BCUT2D eigenvalue weighted by Gasteiger charge is -2.21. The Morgan fingerprint density at radius 3 is 2.48 bits per heavy atom. The Morgan fingerprint density at radius 2 is 1.81 bits per heavy atom. The van der Waals surface area contributed by atoms with Crippen molar-refractivity contribution in [2.24, 2.45) is 0 Å². The Labute approximate surface area is 162 Å². The highest BCUT2D eigenvalue weighted by Crippen LogP contribution is 2.32. The molecule has 2 aromatic carbocycles. The first-order valence-corrected chi connectivity index (χ1v) is 9.48. The number of hydrogen-bond donors (Lipinski definition) is 2. The molecule has 0 saturated carbocycles. The Hall–Kier alpha value is -2.67. The number of benzene rings is 2. The van der Waals surface area contributed by atoms with Crippen molar-refractivity contribution in [3.8, 4) is 11.5 Å². The first kappa shape index (κ1) is 20.6. The monoisotopic (exact) mass is 389 g/mol. The van der Waals surface area contributed by atoms with Crippen LogP contribution >= 0.6 is 11.8 Å². The van der Waals surface area contributed by atoms with E-state index in [1.165, 1.54) is 5.56 Å². The van der Waals surface area contributed by atoms with Gasteiger partial charge in [0.1, 0.15) is 13.2 Å². The molecule has 6 nitrogen and oxygen atoms in total. The number of nitrogens with one attached hydrogen (secondary N) is 1. The van der Waals surface area contributed by atoms with Gasteiger partial charge in [0, 0.05) is 4.90 Å². The van der Waals surface area contributed by atoms with Gasteiger partial charge < -0.3 is 19.9 Å².